The summed E-state index contributed by atoms with van der Waals surface area (Å²) in [5.74, 6) is -0.671. The number of carbonyl (C=O) groups is 1. The predicted octanol–water partition coefficient (Wildman–Crippen LogP) is 3.94. The van der Waals surface area contributed by atoms with Gasteiger partial charge in [0.25, 0.3) is 5.91 Å². The van der Waals surface area contributed by atoms with E-state index in [4.69, 9.17) is 11.0 Å². The number of amides is 1. The van der Waals surface area contributed by atoms with Gasteiger partial charge in [-0.05, 0) is 42.7 Å². The molecule has 2 N–H and O–H groups in total. The van der Waals surface area contributed by atoms with E-state index in [1.807, 2.05) is 25.4 Å². The van der Waals surface area contributed by atoms with Gasteiger partial charge in [0.15, 0.2) is 5.65 Å². The van der Waals surface area contributed by atoms with Crippen molar-refractivity contribution in [3.63, 3.8) is 0 Å². The predicted molar refractivity (Wildman–Crippen MR) is 125 cm³/mol. The van der Waals surface area contributed by atoms with E-state index in [-0.39, 0.29) is 17.5 Å². The number of aryl methyl sites for hydroxylation is 1. The Hall–Kier alpha value is -3.61. The summed E-state index contributed by atoms with van der Waals surface area (Å²) in [6.07, 6.45) is 5.38. The zero-order chi connectivity index (χ0) is 23.1. The quantitative estimate of drug-likeness (QED) is 0.499. The standard InChI is InChI=1S/C24H21FN6OS/c1-30-12-17-7-16(11-28-23(17)29-30)22-19(14-4-5-15(10-26)20(25)8-14)9-21(33-22)24(32)31-6-2-3-18(27)13-31/h4-5,7-9,11-12,18H,2-3,6,13,27H2,1H3. The van der Waals surface area contributed by atoms with Crippen LogP contribution in [-0.2, 0) is 7.05 Å². The van der Waals surface area contributed by atoms with Gasteiger partial charge in [-0.15, -0.1) is 11.3 Å². The van der Waals surface area contributed by atoms with E-state index in [1.54, 1.807) is 27.9 Å². The average Bonchev–Trinajstić information content (AvgIpc) is 3.41. The highest BCUT2D eigenvalue weighted by Crippen LogP contribution is 2.41. The van der Waals surface area contributed by atoms with Gasteiger partial charge in [0, 0.05) is 60.0 Å². The number of pyridine rings is 1. The van der Waals surface area contributed by atoms with Crippen LogP contribution in [0.15, 0.2) is 42.7 Å². The van der Waals surface area contributed by atoms with Crippen LogP contribution in [0.5, 0.6) is 0 Å². The Morgan fingerprint density at radius 3 is 2.91 bits per heavy atom. The smallest absolute Gasteiger partial charge is 0.264 e. The van der Waals surface area contributed by atoms with Crippen molar-refractivity contribution in [3.05, 3.63) is 59.0 Å². The van der Waals surface area contributed by atoms with Crippen molar-refractivity contribution in [2.45, 2.75) is 18.9 Å². The van der Waals surface area contributed by atoms with Crippen LogP contribution in [0.4, 0.5) is 4.39 Å². The minimum absolute atomic E-state index is 0.0208. The summed E-state index contributed by atoms with van der Waals surface area (Å²) < 4.78 is 16.1. The molecule has 166 valence electrons. The Morgan fingerprint density at radius 2 is 2.15 bits per heavy atom. The second kappa shape index (κ2) is 8.39. The second-order valence-corrected chi connectivity index (χ2v) is 9.31. The minimum atomic E-state index is -0.595. The highest BCUT2D eigenvalue weighted by molar-refractivity contribution is 7.18. The van der Waals surface area contributed by atoms with E-state index < -0.39 is 5.82 Å². The summed E-state index contributed by atoms with van der Waals surface area (Å²) in [6, 6.07) is 10.1. The van der Waals surface area contributed by atoms with E-state index in [2.05, 4.69) is 10.1 Å². The largest absolute Gasteiger partial charge is 0.336 e. The Balaban J connectivity index is 1.63. The Morgan fingerprint density at radius 1 is 1.30 bits per heavy atom. The summed E-state index contributed by atoms with van der Waals surface area (Å²) in [4.78, 5) is 20.9. The van der Waals surface area contributed by atoms with Crippen LogP contribution >= 0.6 is 11.3 Å². The first-order valence-electron chi connectivity index (χ1n) is 10.6. The van der Waals surface area contributed by atoms with Crippen molar-refractivity contribution in [3.8, 4) is 27.6 Å². The van der Waals surface area contributed by atoms with Crippen LogP contribution in [0.3, 0.4) is 0 Å². The first-order chi connectivity index (χ1) is 15.9. The molecule has 1 amide bonds. The number of fused-ring (bicyclic) bond motifs is 1. The molecule has 7 nitrogen and oxygen atoms in total. The molecule has 1 unspecified atom stereocenters. The normalized spacial score (nSPS) is 16.2. The summed E-state index contributed by atoms with van der Waals surface area (Å²) >= 11 is 1.35. The van der Waals surface area contributed by atoms with Gasteiger partial charge in [0.05, 0.1) is 10.4 Å². The number of thiophene rings is 1. The van der Waals surface area contributed by atoms with E-state index in [0.29, 0.717) is 29.2 Å². The van der Waals surface area contributed by atoms with Gasteiger partial charge < -0.3 is 10.6 Å². The highest BCUT2D eigenvalue weighted by atomic mass is 32.1. The molecular formula is C24H21FN6OS. The Kier molecular flexibility index (Phi) is 5.40. The van der Waals surface area contributed by atoms with Crippen LogP contribution in [0.2, 0.25) is 0 Å². The molecule has 0 radical (unpaired) electrons. The Bertz CT molecular complexity index is 1420. The van der Waals surface area contributed by atoms with E-state index in [0.717, 1.165) is 34.2 Å². The van der Waals surface area contributed by atoms with Gasteiger partial charge in [0.2, 0.25) is 0 Å². The third-order valence-corrected chi connectivity index (χ3v) is 7.00. The fourth-order valence-corrected chi connectivity index (χ4v) is 5.34. The molecular weight excluding hydrogens is 439 g/mol. The molecule has 4 aromatic rings. The minimum Gasteiger partial charge on any atom is -0.336 e. The van der Waals surface area contributed by atoms with Gasteiger partial charge in [-0.1, -0.05) is 6.07 Å². The number of likely N-dealkylation sites (tertiary alicyclic amines) is 1. The van der Waals surface area contributed by atoms with Gasteiger partial charge in [-0.3, -0.25) is 9.48 Å². The number of nitrogens with two attached hydrogens (primary N) is 1. The molecule has 33 heavy (non-hydrogen) atoms. The summed E-state index contributed by atoms with van der Waals surface area (Å²) in [7, 11) is 1.83. The van der Waals surface area contributed by atoms with Crippen molar-refractivity contribution in [2.24, 2.45) is 12.8 Å². The SMILES string of the molecule is Cn1cc2cc(-c3sc(C(=O)N4CCCC(N)C4)cc3-c3ccc(C#N)c(F)c3)cnc2n1. The first-order valence-corrected chi connectivity index (χ1v) is 11.4. The maximum Gasteiger partial charge on any atom is 0.264 e. The summed E-state index contributed by atoms with van der Waals surface area (Å²) in [5, 5.41) is 14.3. The molecule has 1 fully saturated rings. The molecule has 0 aliphatic carbocycles. The van der Waals surface area contributed by atoms with Gasteiger partial charge in [-0.2, -0.15) is 10.4 Å². The monoisotopic (exact) mass is 460 g/mol. The van der Waals surface area contributed by atoms with Crippen molar-refractivity contribution < 1.29 is 9.18 Å². The maximum absolute atomic E-state index is 14.4. The van der Waals surface area contributed by atoms with Crippen LogP contribution in [0, 0.1) is 17.1 Å². The molecule has 1 atom stereocenters. The molecule has 0 spiro atoms. The molecule has 0 saturated carbocycles. The van der Waals surface area contributed by atoms with Crippen molar-refractivity contribution >= 4 is 28.3 Å². The molecule has 5 rings (SSSR count). The number of halogens is 1. The van der Waals surface area contributed by atoms with Gasteiger partial charge >= 0.3 is 0 Å². The van der Waals surface area contributed by atoms with Gasteiger partial charge in [0.1, 0.15) is 11.9 Å². The van der Waals surface area contributed by atoms with E-state index in [9.17, 15) is 9.18 Å². The number of benzene rings is 1. The number of carbonyl (C=O) groups excluding carboxylic acids is 1. The summed E-state index contributed by atoms with van der Waals surface area (Å²) in [5.41, 5.74) is 8.82. The second-order valence-electron chi connectivity index (χ2n) is 8.25. The number of nitrogens with zero attached hydrogens (tertiary/aromatic N) is 5. The third kappa shape index (κ3) is 3.99. The highest BCUT2D eigenvalue weighted by Gasteiger charge is 2.26. The van der Waals surface area contributed by atoms with Crippen LogP contribution in [-0.4, -0.2) is 44.7 Å². The molecule has 4 heterocycles. The van der Waals surface area contributed by atoms with Crippen LogP contribution in [0.25, 0.3) is 32.6 Å². The zero-order valence-electron chi connectivity index (χ0n) is 18.0. The number of hydrogen-bond donors (Lipinski definition) is 1. The van der Waals surface area contributed by atoms with Crippen molar-refractivity contribution in [1.82, 2.24) is 19.7 Å². The lowest BCUT2D eigenvalue weighted by Gasteiger charge is -2.30. The van der Waals surface area contributed by atoms with Crippen LogP contribution < -0.4 is 5.73 Å². The molecule has 0 bridgehead atoms. The number of aromatic nitrogens is 3. The Labute approximate surface area is 193 Å². The number of nitriles is 1. The molecule has 3 aromatic heterocycles. The maximum atomic E-state index is 14.4. The summed E-state index contributed by atoms with van der Waals surface area (Å²) in [6.45, 7) is 1.19. The van der Waals surface area contributed by atoms with Crippen LogP contribution in [0.1, 0.15) is 28.1 Å². The molecule has 1 aliphatic heterocycles. The molecule has 9 heteroatoms. The lowest BCUT2D eigenvalue weighted by molar-refractivity contribution is 0.0714. The third-order valence-electron chi connectivity index (χ3n) is 5.82. The lowest BCUT2D eigenvalue weighted by atomic mass is 10.0. The lowest BCUT2D eigenvalue weighted by Crippen LogP contribution is -2.45. The molecule has 1 aromatic carbocycles. The van der Waals surface area contributed by atoms with E-state index >= 15 is 0 Å². The fourth-order valence-electron chi connectivity index (χ4n) is 4.21. The van der Waals surface area contributed by atoms with Crippen molar-refractivity contribution in [1.29, 1.82) is 5.26 Å². The van der Waals surface area contributed by atoms with Gasteiger partial charge in [-0.25, -0.2) is 9.37 Å². The molecule has 1 saturated heterocycles. The average molecular weight is 461 g/mol. The zero-order valence-corrected chi connectivity index (χ0v) is 18.8. The fraction of sp³-hybridized carbons (Fsp3) is 0.250. The number of rotatable bonds is 3. The number of hydrogen-bond acceptors (Lipinski definition) is 6. The number of piperidine rings is 1. The van der Waals surface area contributed by atoms with Crippen molar-refractivity contribution in [2.75, 3.05) is 13.1 Å². The topological polar surface area (TPSA) is 101 Å². The molecule has 1 aliphatic rings. The van der Waals surface area contributed by atoms with E-state index in [1.165, 1.54) is 23.5 Å². The first kappa shape index (κ1) is 21.2.